The quantitative estimate of drug-likeness (QED) is 0.755. The summed E-state index contributed by atoms with van der Waals surface area (Å²) in [6, 6.07) is 9.87. The predicted octanol–water partition coefficient (Wildman–Crippen LogP) is 5.46. The third kappa shape index (κ3) is 3.84. The first kappa shape index (κ1) is 16.9. The van der Waals surface area contributed by atoms with Crippen molar-refractivity contribution in [1.82, 2.24) is 0 Å². The molecule has 0 bridgehead atoms. The Bertz CT molecular complexity index is 550. The molecule has 0 aliphatic heterocycles. The largest absolute Gasteiger partial charge is 0.388 e. The van der Waals surface area contributed by atoms with Gasteiger partial charge < -0.3 is 10.2 Å². The van der Waals surface area contributed by atoms with Crippen LogP contribution in [0.2, 0.25) is 20.1 Å². The van der Waals surface area contributed by atoms with Crippen LogP contribution >= 0.6 is 46.4 Å². The summed E-state index contributed by atoms with van der Waals surface area (Å²) in [5.74, 6) is 0. The van der Waals surface area contributed by atoms with Gasteiger partial charge in [-0.2, -0.15) is 0 Å². The maximum atomic E-state index is 10.3. The zero-order valence-electron chi connectivity index (χ0n) is 10.7. The molecule has 2 N–H and O–H groups in total. The summed E-state index contributed by atoms with van der Waals surface area (Å²) >= 11 is 24.2. The number of aliphatic hydroxyl groups is 2. The van der Waals surface area contributed by atoms with Crippen molar-refractivity contribution in [3.05, 3.63) is 67.6 Å². The molecule has 112 valence electrons. The van der Waals surface area contributed by atoms with Crippen molar-refractivity contribution < 1.29 is 10.2 Å². The Morgan fingerprint density at radius 3 is 1.24 bits per heavy atom. The maximum absolute atomic E-state index is 10.3. The summed E-state index contributed by atoms with van der Waals surface area (Å²) in [6.45, 7) is 0. The monoisotopic (exact) mass is 364 g/mol. The average molecular weight is 366 g/mol. The number of hydrogen-bond donors (Lipinski definition) is 2. The van der Waals surface area contributed by atoms with E-state index in [4.69, 9.17) is 46.4 Å². The van der Waals surface area contributed by atoms with E-state index in [0.29, 0.717) is 31.2 Å². The van der Waals surface area contributed by atoms with Crippen LogP contribution in [-0.2, 0) is 0 Å². The standard InChI is InChI=1S/C15H12Cl4O2/c16-8-3-1-4-9(17)14(8)12(20)7-13(21)15-10(18)5-2-6-11(15)19/h1-6,12-13,20-21H,7H2/t12-,13+. The predicted molar refractivity (Wildman–Crippen MR) is 87.5 cm³/mol. The van der Waals surface area contributed by atoms with Crippen LogP contribution in [0.15, 0.2) is 36.4 Å². The van der Waals surface area contributed by atoms with E-state index < -0.39 is 12.2 Å². The number of hydrogen-bond acceptors (Lipinski definition) is 2. The van der Waals surface area contributed by atoms with Crippen molar-refractivity contribution >= 4 is 46.4 Å². The molecule has 0 aliphatic carbocycles. The molecule has 0 heterocycles. The first-order chi connectivity index (χ1) is 9.91. The third-order valence-corrected chi connectivity index (χ3v) is 4.43. The van der Waals surface area contributed by atoms with Crippen LogP contribution in [0.25, 0.3) is 0 Å². The van der Waals surface area contributed by atoms with Gasteiger partial charge in [-0.3, -0.25) is 0 Å². The lowest BCUT2D eigenvalue weighted by Gasteiger charge is -2.20. The van der Waals surface area contributed by atoms with E-state index in [-0.39, 0.29) is 6.42 Å². The van der Waals surface area contributed by atoms with Crippen LogP contribution in [0.4, 0.5) is 0 Å². The minimum atomic E-state index is -1.03. The van der Waals surface area contributed by atoms with Crippen LogP contribution in [0.1, 0.15) is 29.8 Å². The van der Waals surface area contributed by atoms with Crippen molar-refractivity contribution in [2.75, 3.05) is 0 Å². The molecule has 0 amide bonds. The number of halogens is 4. The van der Waals surface area contributed by atoms with E-state index in [0.717, 1.165) is 0 Å². The molecule has 2 aromatic carbocycles. The SMILES string of the molecule is O[C@H](C[C@H](O)c1c(Cl)cccc1Cl)c1c(Cl)cccc1Cl. The van der Waals surface area contributed by atoms with Gasteiger partial charge in [-0.15, -0.1) is 0 Å². The molecule has 2 nitrogen and oxygen atoms in total. The first-order valence-corrected chi connectivity index (χ1v) is 7.67. The minimum absolute atomic E-state index is 0.0209. The van der Waals surface area contributed by atoms with Gasteiger partial charge >= 0.3 is 0 Å². The highest BCUT2D eigenvalue weighted by atomic mass is 35.5. The van der Waals surface area contributed by atoms with Gasteiger partial charge in [0.15, 0.2) is 0 Å². The summed E-state index contributed by atoms with van der Waals surface area (Å²) in [6.07, 6.45) is -2.09. The highest BCUT2D eigenvalue weighted by Gasteiger charge is 2.23. The van der Waals surface area contributed by atoms with Crippen molar-refractivity contribution in [3.8, 4) is 0 Å². The van der Waals surface area contributed by atoms with Crippen LogP contribution in [0.5, 0.6) is 0 Å². The van der Waals surface area contributed by atoms with Gasteiger partial charge in [0.25, 0.3) is 0 Å². The van der Waals surface area contributed by atoms with Crippen molar-refractivity contribution in [2.24, 2.45) is 0 Å². The molecule has 0 aromatic heterocycles. The molecule has 6 heteroatoms. The molecule has 0 saturated carbocycles. The Kier molecular flexibility index (Phi) is 5.78. The Hall–Kier alpha value is -0.480. The van der Waals surface area contributed by atoms with E-state index in [9.17, 15) is 10.2 Å². The number of rotatable bonds is 4. The summed E-state index contributed by atoms with van der Waals surface area (Å²) in [5.41, 5.74) is 0.756. The van der Waals surface area contributed by atoms with Crippen molar-refractivity contribution in [1.29, 1.82) is 0 Å². The first-order valence-electron chi connectivity index (χ1n) is 6.15. The van der Waals surface area contributed by atoms with Crippen molar-refractivity contribution in [2.45, 2.75) is 18.6 Å². The normalized spacial score (nSPS) is 14.0. The average Bonchev–Trinajstić information content (AvgIpc) is 2.38. The van der Waals surface area contributed by atoms with Crippen LogP contribution in [0, 0.1) is 0 Å². The van der Waals surface area contributed by atoms with E-state index >= 15 is 0 Å². The summed E-state index contributed by atoms with van der Waals surface area (Å²) in [7, 11) is 0. The Morgan fingerprint density at radius 1 is 0.667 bits per heavy atom. The smallest absolute Gasteiger partial charge is 0.0847 e. The molecule has 0 saturated heterocycles. The van der Waals surface area contributed by atoms with Gasteiger partial charge in [0.2, 0.25) is 0 Å². The summed E-state index contributed by atoms with van der Waals surface area (Å²) < 4.78 is 0. The zero-order chi connectivity index (χ0) is 15.6. The molecule has 0 unspecified atom stereocenters. The maximum Gasteiger partial charge on any atom is 0.0847 e. The second kappa shape index (κ2) is 7.19. The third-order valence-electron chi connectivity index (χ3n) is 3.11. The lowest BCUT2D eigenvalue weighted by Crippen LogP contribution is -2.08. The Balaban J connectivity index is 2.25. The fourth-order valence-corrected chi connectivity index (χ4v) is 3.40. The topological polar surface area (TPSA) is 40.5 Å². The Morgan fingerprint density at radius 2 is 0.952 bits per heavy atom. The molecule has 0 aliphatic rings. The molecular formula is C15H12Cl4O2. The van der Waals surface area contributed by atoms with Gasteiger partial charge in [0, 0.05) is 37.6 Å². The number of benzene rings is 2. The molecule has 21 heavy (non-hydrogen) atoms. The molecule has 2 rings (SSSR count). The molecule has 0 spiro atoms. The molecule has 0 radical (unpaired) electrons. The zero-order valence-corrected chi connectivity index (χ0v) is 13.8. The minimum Gasteiger partial charge on any atom is -0.388 e. The fraction of sp³-hybridized carbons (Fsp3) is 0.200. The molecule has 0 fully saturated rings. The summed E-state index contributed by atoms with van der Waals surface area (Å²) in [5, 5.41) is 21.9. The van der Waals surface area contributed by atoms with Crippen molar-refractivity contribution in [3.63, 3.8) is 0 Å². The highest BCUT2D eigenvalue weighted by Crippen LogP contribution is 2.38. The van der Waals surface area contributed by atoms with Crippen LogP contribution in [0.3, 0.4) is 0 Å². The van der Waals surface area contributed by atoms with E-state index in [1.165, 1.54) is 0 Å². The highest BCUT2D eigenvalue weighted by molar-refractivity contribution is 6.36. The lowest BCUT2D eigenvalue weighted by atomic mass is 9.98. The van der Waals surface area contributed by atoms with Gasteiger partial charge in [-0.1, -0.05) is 58.5 Å². The van der Waals surface area contributed by atoms with E-state index in [1.54, 1.807) is 36.4 Å². The molecule has 2 atom stereocenters. The fourth-order valence-electron chi connectivity index (χ4n) is 2.11. The van der Waals surface area contributed by atoms with Gasteiger partial charge in [0.05, 0.1) is 12.2 Å². The van der Waals surface area contributed by atoms with Crippen LogP contribution < -0.4 is 0 Å². The van der Waals surface area contributed by atoms with E-state index in [1.807, 2.05) is 0 Å². The number of aliphatic hydroxyl groups excluding tert-OH is 2. The van der Waals surface area contributed by atoms with E-state index in [2.05, 4.69) is 0 Å². The van der Waals surface area contributed by atoms with Gasteiger partial charge in [-0.25, -0.2) is 0 Å². The summed E-state index contributed by atoms with van der Waals surface area (Å²) in [4.78, 5) is 0. The second-order valence-corrected chi connectivity index (χ2v) is 6.17. The van der Waals surface area contributed by atoms with Crippen LogP contribution in [-0.4, -0.2) is 10.2 Å². The van der Waals surface area contributed by atoms with Gasteiger partial charge in [0.1, 0.15) is 0 Å². The molecule has 2 aromatic rings. The lowest BCUT2D eigenvalue weighted by molar-refractivity contribution is 0.0806. The molecular weight excluding hydrogens is 354 g/mol. The van der Waals surface area contributed by atoms with Gasteiger partial charge in [-0.05, 0) is 24.3 Å². The Labute approximate surface area is 142 Å². The second-order valence-electron chi connectivity index (χ2n) is 4.54.